The lowest BCUT2D eigenvalue weighted by atomic mass is 9.82. The smallest absolute Gasteiger partial charge is 0.0616 e. The predicted octanol–water partition coefficient (Wildman–Crippen LogP) is 11.3. The van der Waals surface area contributed by atoms with Crippen LogP contribution in [0.1, 0.15) is 5.48 Å². The summed E-state index contributed by atoms with van der Waals surface area (Å²) in [6.07, 6.45) is 0. The van der Waals surface area contributed by atoms with E-state index in [2.05, 4.69) is 66.7 Å². The highest BCUT2D eigenvalue weighted by Crippen LogP contribution is 2.47. The highest BCUT2D eigenvalue weighted by Gasteiger charge is 2.20. The monoisotopic (exact) mass is 510 g/mol. The predicted molar refractivity (Wildman–Crippen MR) is 173 cm³/mol. The van der Waals surface area contributed by atoms with Crippen molar-refractivity contribution < 1.29 is 5.48 Å². The van der Waals surface area contributed by atoms with Gasteiger partial charge in [0.05, 0.1) is 5.48 Å². The Morgan fingerprint density at radius 3 is 1.23 bits per heavy atom. The molecule has 8 aromatic rings. The summed E-state index contributed by atoms with van der Waals surface area (Å²) in [6, 6.07) is 44.8. The van der Waals surface area contributed by atoms with Gasteiger partial charge in [0, 0.05) is 0 Å². The van der Waals surface area contributed by atoms with Crippen LogP contribution in [0, 0.1) is 0 Å². The van der Waals surface area contributed by atoms with Gasteiger partial charge in [-0.3, -0.25) is 0 Å². The number of benzene rings is 8. The number of fused-ring (bicyclic) bond motifs is 4. The van der Waals surface area contributed by atoms with Crippen LogP contribution in [0.3, 0.4) is 0 Å². The van der Waals surface area contributed by atoms with Crippen molar-refractivity contribution in [2.24, 2.45) is 0 Å². The maximum Gasteiger partial charge on any atom is 0.0629 e. The Hall–Kier alpha value is -5.20. The molecule has 8 aromatic carbocycles. The van der Waals surface area contributed by atoms with Crippen LogP contribution in [0.5, 0.6) is 0 Å². The van der Waals surface area contributed by atoms with Crippen LogP contribution in [0.2, 0.25) is 0 Å². The Labute approximate surface area is 239 Å². The van der Waals surface area contributed by atoms with Crippen molar-refractivity contribution in [3.63, 3.8) is 0 Å². The zero-order valence-electron chi connectivity index (χ0n) is 25.7. The Bertz CT molecular complexity index is 2370. The lowest BCUT2D eigenvalue weighted by Crippen LogP contribution is -1.93. The molecule has 8 rings (SSSR count). The molecule has 0 atom stereocenters. The van der Waals surface area contributed by atoms with Gasteiger partial charge in [-0.05, 0) is 76.5 Å². The standard InChI is InChI=1S/C40H26/c1-3-17-29-27(13-1)15-11-25-31(29)32-19-5-6-20-34(32)40-37-23-9-7-21-35(37)39(36-22-8-10-24-38(36)40)33-26-12-16-28-14-2-4-18-30(28)33/h1-26H/i5D,6D,19D,20D. The fourth-order valence-electron chi connectivity index (χ4n) is 6.28. The molecule has 0 saturated carbocycles. The van der Waals surface area contributed by atoms with E-state index in [1.165, 1.54) is 0 Å². The van der Waals surface area contributed by atoms with Crippen LogP contribution in [0.4, 0.5) is 0 Å². The van der Waals surface area contributed by atoms with Gasteiger partial charge in [0.2, 0.25) is 0 Å². The summed E-state index contributed by atoms with van der Waals surface area (Å²) in [5.41, 5.74) is 4.88. The van der Waals surface area contributed by atoms with Crippen molar-refractivity contribution in [2.45, 2.75) is 0 Å². The molecule has 0 N–H and O–H groups in total. The molecule has 0 fully saturated rings. The van der Waals surface area contributed by atoms with Gasteiger partial charge in [0.25, 0.3) is 0 Å². The molecule has 0 unspecified atom stereocenters. The van der Waals surface area contributed by atoms with Gasteiger partial charge >= 0.3 is 0 Å². The molecule has 0 aliphatic heterocycles. The van der Waals surface area contributed by atoms with E-state index in [1.807, 2.05) is 66.7 Å². The Balaban J connectivity index is 1.59. The van der Waals surface area contributed by atoms with Gasteiger partial charge < -0.3 is 0 Å². The van der Waals surface area contributed by atoms with Gasteiger partial charge in [-0.15, -0.1) is 0 Å². The van der Waals surface area contributed by atoms with E-state index in [4.69, 9.17) is 2.74 Å². The Morgan fingerprint density at radius 1 is 0.300 bits per heavy atom. The molecule has 0 heteroatoms. The number of hydrogen-bond donors (Lipinski definition) is 0. The first-order valence-electron chi connectivity index (χ1n) is 15.5. The van der Waals surface area contributed by atoms with E-state index in [9.17, 15) is 2.74 Å². The first-order chi connectivity index (χ1) is 21.5. The van der Waals surface area contributed by atoms with Gasteiger partial charge in [-0.25, -0.2) is 0 Å². The average Bonchev–Trinajstić information content (AvgIpc) is 3.08. The van der Waals surface area contributed by atoms with Crippen molar-refractivity contribution in [3.8, 4) is 33.4 Å². The van der Waals surface area contributed by atoms with E-state index in [0.29, 0.717) is 11.1 Å². The topological polar surface area (TPSA) is 0 Å². The van der Waals surface area contributed by atoms with Crippen LogP contribution in [0.25, 0.3) is 76.5 Å². The molecule has 0 heterocycles. The fourth-order valence-corrected chi connectivity index (χ4v) is 6.28. The molecule has 0 saturated heterocycles. The molecule has 0 aliphatic rings. The summed E-state index contributed by atoms with van der Waals surface area (Å²) in [6.45, 7) is 0. The minimum atomic E-state index is -0.236. The van der Waals surface area contributed by atoms with Crippen LogP contribution in [0.15, 0.2) is 158 Å². The quantitative estimate of drug-likeness (QED) is 0.207. The molecule has 0 aromatic heterocycles. The van der Waals surface area contributed by atoms with Crippen LogP contribution >= 0.6 is 0 Å². The molecular formula is C40H26. The van der Waals surface area contributed by atoms with Crippen LogP contribution in [-0.2, 0) is 0 Å². The largest absolute Gasteiger partial charge is 0.0629 e. The molecule has 186 valence electrons. The van der Waals surface area contributed by atoms with E-state index in [0.717, 1.165) is 65.3 Å². The molecule has 0 aliphatic carbocycles. The second kappa shape index (κ2) is 9.22. The highest BCUT2D eigenvalue weighted by atomic mass is 14.2. The van der Waals surface area contributed by atoms with Crippen LogP contribution < -0.4 is 0 Å². The summed E-state index contributed by atoms with van der Waals surface area (Å²) in [5.74, 6) is 0. The number of rotatable bonds is 3. The second-order valence-electron chi connectivity index (χ2n) is 10.1. The second-order valence-corrected chi connectivity index (χ2v) is 10.1. The zero-order chi connectivity index (χ0) is 29.9. The average molecular weight is 511 g/mol. The third-order valence-electron chi connectivity index (χ3n) is 7.99. The third-order valence-corrected chi connectivity index (χ3v) is 7.99. The molecule has 0 radical (unpaired) electrons. The van der Waals surface area contributed by atoms with Crippen molar-refractivity contribution >= 4 is 43.1 Å². The molecular weight excluding hydrogens is 480 g/mol. The highest BCUT2D eigenvalue weighted by molar-refractivity contribution is 6.24. The molecule has 0 bridgehead atoms. The minimum absolute atomic E-state index is 0.0383. The lowest BCUT2D eigenvalue weighted by molar-refractivity contribution is 1.63. The summed E-state index contributed by atoms with van der Waals surface area (Å²) >= 11 is 0. The van der Waals surface area contributed by atoms with Gasteiger partial charge in [0.1, 0.15) is 0 Å². The lowest BCUT2D eigenvalue weighted by Gasteiger charge is -2.20. The fraction of sp³-hybridized carbons (Fsp3) is 0. The van der Waals surface area contributed by atoms with Crippen molar-refractivity contribution in [1.29, 1.82) is 0 Å². The molecule has 0 nitrogen and oxygen atoms in total. The van der Waals surface area contributed by atoms with Gasteiger partial charge in [-0.1, -0.05) is 158 Å². The summed E-state index contributed by atoms with van der Waals surface area (Å²) < 4.78 is 36.1. The molecule has 40 heavy (non-hydrogen) atoms. The first kappa shape index (κ1) is 19.0. The van der Waals surface area contributed by atoms with E-state index < -0.39 is 0 Å². The van der Waals surface area contributed by atoms with Gasteiger partial charge in [-0.2, -0.15) is 0 Å². The van der Waals surface area contributed by atoms with Crippen LogP contribution in [-0.4, -0.2) is 0 Å². The SMILES string of the molecule is [2H]c1c([2H])c([2H])c(-c2c3ccccc3c(-c3cccc4ccccc34)c3ccccc23)c(-c2cccc3ccccc23)c1[2H]. The summed E-state index contributed by atoms with van der Waals surface area (Å²) in [4.78, 5) is 0. The minimum Gasteiger partial charge on any atom is -0.0616 e. The van der Waals surface area contributed by atoms with E-state index in [-0.39, 0.29) is 24.2 Å². The summed E-state index contributed by atoms with van der Waals surface area (Å²) in [5, 5.41) is 8.25. The normalized spacial score (nSPS) is 12.9. The molecule has 0 amide bonds. The summed E-state index contributed by atoms with van der Waals surface area (Å²) in [7, 11) is 0. The van der Waals surface area contributed by atoms with Crippen molar-refractivity contribution in [2.75, 3.05) is 0 Å². The maximum absolute atomic E-state index is 9.35. The zero-order valence-corrected chi connectivity index (χ0v) is 21.7. The Kier molecular flexibility index (Phi) is 4.37. The van der Waals surface area contributed by atoms with Crippen molar-refractivity contribution in [1.82, 2.24) is 0 Å². The van der Waals surface area contributed by atoms with E-state index in [1.54, 1.807) is 0 Å². The van der Waals surface area contributed by atoms with Crippen molar-refractivity contribution in [3.05, 3.63) is 158 Å². The number of hydrogen-bond acceptors (Lipinski definition) is 0. The first-order valence-corrected chi connectivity index (χ1v) is 13.5. The molecule has 0 spiro atoms. The third kappa shape index (κ3) is 3.47. The van der Waals surface area contributed by atoms with E-state index >= 15 is 0 Å². The van der Waals surface area contributed by atoms with Gasteiger partial charge in [0.15, 0.2) is 0 Å². The maximum atomic E-state index is 9.35. The Morgan fingerprint density at radius 2 is 0.675 bits per heavy atom.